The third-order valence-corrected chi connectivity index (χ3v) is 5.12. The molecule has 0 amide bonds. The van der Waals surface area contributed by atoms with Crippen LogP contribution in [-0.2, 0) is 4.74 Å². The average Bonchev–Trinajstić information content (AvgIpc) is 2.85. The number of thiazole rings is 1. The van der Waals surface area contributed by atoms with Crippen LogP contribution >= 0.6 is 11.3 Å². The second-order valence-electron chi connectivity index (χ2n) is 5.55. The number of aryl methyl sites for hydroxylation is 1. The van der Waals surface area contributed by atoms with Crippen molar-refractivity contribution in [1.29, 1.82) is 0 Å². The van der Waals surface area contributed by atoms with E-state index in [0.717, 1.165) is 13.2 Å². The Morgan fingerprint density at radius 2 is 2.24 bits per heavy atom. The van der Waals surface area contributed by atoms with Crippen LogP contribution in [0.3, 0.4) is 0 Å². The van der Waals surface area contributed by atoms with Gasteiger partial charge in [-0.05, 0) is 38.5 Å². The lowest BCUT2D eigenvalue weighted by Gasteiger charge is -2.32. The first-order valence-electron chi connectivity index (χ1n) is 6.45. The molecule has 0 radical (unpaired) electrons. The number of hydrogen-bond acceptors (Lipinski definition) is 4. The van der Waals surface area contributed by atoms with Crippen molar-refractivity contribution in [2.75, 3.05) is 24.7 Å². The number of anilines is 1. The summed E-state index contributed by atoms with van der Waals surface area (Å²) < 4.78 is 5.50. The maximum atomic E-state index is 5.50. The summed E-state index contributed by atoms with van der Waals surface area (Å²) in [5.74, 6) is 0. The van der Waals surface area contributed by atoms with Crippen LogP contribution in [0.1, 0.15) is 31.1 Å². The Balaban J connectivity index is 1.79. The third kappa shape index (κ3) is 2.08. The first kappa shape index (κ1) is 11.5. The smallest absolute Gasteiger partial charge is 0.185 e. The Bertz CT molecular complexity index is 398. The van der Waals surface area contributed by atoms with Gasteiger partial charge < -0.3 is 9.64 Å². The maximum absolute atomic E-state index is 5.50. The lowest BCUT2D eigenvalue weighted by atomic mass is 9.78. The van der Waals surface area contributed by atoms with Crippen molar-refractivity contribution in [3.8, 4) is 0 Å². The van der Waals surface area contributed by atoms with Crippen LogP contribution in [0.15, 0.2) is 6.20 Å². The molecule has 0 bridgehead atoms. The van der Waals surface area contributed by atoms with Crippen molar-refractivity contribution in [2.45, 2.75) is 39.2 Å². The van der Waals surface area contributed by atoms with Gasteiger partial charge in [0.25, 0.3) is 0 Å². The molecule has 3 heterocycles. The van der Waals surface area contributed by atoms with Gasteiger partial charge in [-0.15, -0.1) is 11.3 Å². The highest BCUT2D eigenvalue weighted by Gasteiger charge is 2.43. The van der Waals surface area contributed by atoms with Crippen molar-refractivity contribution in [3.63, 3.8) is 0 Å². The van der Waals surface area contributed by atoms with Crippen molar-refractivity contribution < 1.29 is 4.74 Å². The lowest BCUT2D eigenvalue weighted by Crippen LogP contribution is -2.33. The van der Waals surface area contributed by atoms with E-state index >= 15 is 0 Å². The van der Waals surface area contributed by atoms with E-state index < -0.39 is 0 Å². The molecule has 0 unspecified atom stereocenters. The molecule has 1 atom stereocenters. The molecular formula is C13H20N2OS. The Kier molecular flexibility index (Phi) is 2.87. The van der Waals surface area contributed by atoms with Gasteiger partial charge in [0.1, 0.15) is 0 Å². The zero-order chi connectivity index (χ0) is 11.9. The minimum atomic E-state index is 0.497. The fraction of sp³-hybridized carbons (Fsp3) is 0.769. The largest absolute Gasteiger partial charge is 0.381 e. The molecule has 2 aliphatic rings. The van der Waals surface area contributed by atoms with Crippen molar-refractivity contribution >= 4 is 16.5 Å². The van der Waals surface area contributed by atoms with Gasteiger partial charge in [0, 0.05) is 36.9 Å². The minimum absolute atomic E-state index is 0.497. The lowest BCUT2D eigenvalue weighted by molar-refractivity contribution is 0.0242. The summed E-state index contributed by atoms with van der Waals surface area (Å²) in [5, 5.41) is 1.21. The Hall–Kier alpha value is -0.610. The fourth-order valence-corrected chi connectivity index (χ4v) is 4.08. The van der Waals surface area contributed by atoms with Gasteiger partial charge in [-0.3, -0.25) is 0 Å². The van der Waals surface area contributed by atoms with Crippen LogP contribution in [0.2, 0.25) is 0 Å². The van der Waals surface area contributed by atoms with Crippen molar-refractivity contribution in [1.82, 2.24) is 4.98 Å². The number of hydrogen-bond donors (Lipinski definition) is 0. The summed E-state index contributed by atoms with van der Waals surface area (Å²) in [4.78, 5) is 8.35. The van der Waals surface area contributed by atoms with Gasteiger partial charge in [0.2, 0.25) is 0 Å². The normalized spacial score (nSPS) is 27.9. The van der Waals surface area contributed by atoms with Crippen LogP contribution in [0, 0.1) is 12.3 Å². The molecular weight excluding hydrogens is 232 g/mol. The van der Waals surface area contributed by atoms with Crippen LogP contribution in [-0.4, -0.2) is 30.8 Å². The summed E-state index contributed by atoms with van der Waals surface area (Å²) in [6.07, 6.45) is 5.73. The summed E-state index contributed by atoms with van der Waals surface area (Å²) in [6, 6.07) is 0.624. The summed E-state index contributed by atoms with van der Waals surface area (Å²) >= 11 is 1.82. The van der Waals surface area contributed by atoms with Gasteiger partial charge in [-0.1, -0.05) is 0 Å². The van der Waals surface area contributed by atoms with Crippen LogP contribution in [0.4, 0.5) is 5.13 Å². The molecule has 1 spiro atoms. The minimum Gasteiger partial charge on any atom is -0.381 e. The molecule has 0 aromatic carbocycles. The molecule has 4 heteroatoms. The fourth-order valence-electron chi connectivity index (χ4n) is 3.22. The molecule has 2 saturated heterocycles. The van der Waals surface area contributed by atoms with Gasteiger partial charge in [0.15, 0.2) is 5.13 Å². The molecule has 0 saturated carbocycles. The molecule has 2 aliphatic heterocycles. The molecule has 94 valence electrons. The predicted molar refractivity (Wildman–Crippen MR) is 70.8 cm³/mol. The highest BCUT2D eigenvalue weighted by Crippen LogP contribution is 2.44. The summed E-state index contributed by atoms with van der Waals surface area (Å²) in [6.45, 7) is 7.52. The van der Waals surface area contributed by atoms with Crippen LogP contribution in [0.25, 0.3) is 0 Å². The van der Waals surface area contributed by atoms with Gasteiger partial charge in [-0.2, -0.15) is 0 Å². The van der Waals surface area contributed by atoms with E-state index in [2.05, 4.69) is 23.7 Å². The van der Waals surface area contributed by atoms with E-state index in [1.807, 2.05) is 17.5 Å². The van der Waals surface area contributed by atoms with Crippen molar-refractivity contribution in [2.24, 2.45) is 5.41 Å². The predicted octanol–water partition coefficient (Wildman–Crippen LogP) is 2.85. The van der Waals surface area contributed by atoms with Gasteiger partial charge in [-0.25, -0.2) is 4.98 Å². The van der Waals surface area contributed by atoms with E-state index in [1.54, 1.807) is 0 Å². The number of ether oxygens (including phenoxy) is 1. The SMILES string of the molecule is Cc1cnc(N2CC3(CCOCC3)C[C@@H]2C)s1. The quantitative estimate of drug-likeness (QED) is 0.768. The molecule has 0 N–H and O–H groups in total. The van der Waals surface area contributed by atoms with Gasteiger partial charge >= 0.3 is 0 Å². The van der Waals surface area contributed by atoms with E-state index in [4.69, 9.17) is 4.74 Å². The maximum Gasteiger partial charge on any atom is 0.185 e. The van der Waals surface area contributed by atoms with E-state index in [-0.39, 0.29) is 0 Å². The second kappa shape index (κ2) is 4.25. The number of aromatic nitrogens is 1. The monoisotopic (exact) mass is 252 g/mol. The highest BCUT2D eigenvalue weighted by atomic mass is 32.1. The van der Waals surface area contributed by atoms with E-state index in [1.165, 1.54) is 35.8 Å². The molecule has 2 fully saturated rings. The Morgan fingerprint density at radius 1 is 1.47 bits per heavy atom. The van der Waals surface area contributed by atoms with E-state index in [0.29, 0.717) is 11.5 Å². The van der Waals surface area contributed by atoms with Crippen molar-refractivity contribution in [3.05, 3.63) is 11.1 Å². The molecule has 1 aromatic rings. The zero-order valence-corrected chi connectivity index (χ0v) is 11.4. The van der Waals surface area contributed by atoms with Crippen LogP contribution in [0.5, 0.6) is 0 Å². The third-order valence-electron chi connectivity index (χ3n) is 4.17. The topological polar surface area (TPSA) is 25.4 Å². The molecule has 3 nitrogen and oxygen atoms in total. The Morgan fingerprint density at radius 3 is 2.88 bits per heavy atom. The molecule has 0 aliphatic carbocycles. The Labute approximate surface area is 107 Å². The molecule has 1 aromatic heterocycles. The summed E-state index contributed by atoms with van der Waals surface area (Å²) in [7, 11) is 0. The van der Waals surface area contributed by atoms with E-state index in [9.17, 15) is 0 Å². The molecule has 17 heavy (non-hydrogen) atoms. The highest BCUT2D eigenvalue weighted by molar-refractivity contribution is 7.15. The van der Waals surface area contributed by atoms with Gasteiger partial charge in [0.05, 0.1) is 0 Å². The first-order chi connectivity index (χ1) is 8.19. The average molecular weight is 252 g/mol. The zero-order valence-electron chi connectivity index (χ0n) is 10.6. The standard InChI is InChI=1S/C13H20N2OS/c1-10-7-13(3-5-16-6-4-13)9-15(10)12-14-8-11(2)17-12/h8,10H,3-7,9H2,1-2H3/t10-/m0/s1. The first-order valence-corrected chi connectivity index (χ1v) is 7.27. The number of nitrogens with zero attached hydrogens (tertiary/aromatic N) is 2. The number of rotatable bonds is 1. The molecule has 3 rings (SSSR count). The summed E-state index contributed by atoms with van der Waals surface area (Å²) in [5.41, 5.74) is 0.497. The second-order valence-corrected chi connectivity index (χ2v) is 6.76. The van der Waals surface area contributed by atoms with Crippen LogP contribution < -0.4 is 4.90 Å².